The summed E-state index contributed by atoms with van der Waals surface area (Å²) in [6.45, 7) is 4.27. The summed E-state index contributed by atoms with van der Waals surface area (Å²) in [5, 5.41) is 3.64. The van der Waals surface area contributed by atoms with Crippen LogP contribution in [0.15, 0.2) is 29.6 Å². The van der Waals surface area contributed by atoms with Crippen molar-refractivity contribution >= 4 is 29.2 Å². The van der Waals surface area contributed by atoms with E-state index in [9.17, 15) is 4.79 Å². The number of hydrogen-bond donors (Lipinski definition) is 1. The molecule has 162 valence electrons. The van der Waals surface area contributed by atoms with Crippen molar-refractivity contribution in [2.45, 2.75) is 24.8 Å². The van der Waals surface area contributed by atoms with Crippen molar-refractivity contribution in [2.75, 3.05) is 50.4 Å². The van der Waals surface area contributed by atoms with Crippen molar-refractivity contribution in [3.8, 4) is 17.2 Å². The van der Waals surface area contributed by atoms with E-state index in [1.54, 1.807) is 18.5 Å². The van der Waals surface area contributed by atoms with Gasteiger partial charge in [0.25, 0.3) is 0 Å². The molecule has 9 heteroatoms. The molecule has 1 aliphatic heterocycles. The zero-order valence-electron chi connectivity index (χ0n) is 17.8. The first-order valence-electron chi connectivity index (χ1n) is 9.83. The highest BCUT2D eigenvalue weighted by Gasteiger charge is 2.18. The second-order valence-corrected chi connectivity index (χ2v) is 8.15. The van der Waals surface area contributed by atoms with Gasteiger partial charge in [0.15, 0.2) is 11.5 Å². The Kier molecular flexibility index (Phi) is 7.62. The lowest BCUT2D eigenvalue weighted by molar-refractivity contribution is -0.113. The Balaban J connectivity index is 1.62. The van der Waals surface area contributed by atoms with Crippen LogP contribution in [0.5, 0.6) is 17.2 Å². The Morgan fingerprint density at radius 3 is 2.53 bits per heavy atom. The fourth-order valence-corrected chi connectivity index (χ4v) is 4.13. The zero-order chi connectivity index (χ0) is 21.5. The second-order valence-electron chi connectivity index (χ2n) is 7.16. The molecule has 0 spiro atoms. The van der Waals surface area contributed by atoms with E-state index in [1.807, 2.05) is 6.07 Å². The average Bonchev–Trinajstić information content (AvgIpc) is 2.77. The van der Waals surface area contributed by atoms with Crippen molar-refractivity contribution in [3.05, 3.63) is 24.5 Å². The van der Waals surface area contributed by atoms with Crippen LogP contribution in [-0.4, -0.2) is 56.0 Å². The molecule has 30 heavy (non-hydrogen) atoms. The number of benzene rings is 1. The van der Waals surface area contributed by atoms with E-state index < -0.39 is 0 Å². The summed E-state index contributed by atoms with van der Waals surface area (Å²) in [6, 6.07) is 5.35. The summed E-state index contributed by atoms with van der Waals surface area (Å²) in [6.07, 6.45) is 3.99. The molecule has 1 unspecified atom stereocenters. The minimum atomic E-state index is -0.152. The number of methoxy groups -OCH3 is 3. The summed E-state index contributed by atoms with van der Waals surface area (Å²) in [5.41, 5.74) is 0.570. The molecule has 1 fully saturated rings. The van der Waals surface area contributed by atoms with Gasteiger partial charge in [0.2, 0.25) is 11.7 Å². The number of rotatable bonds is 8. The van der Waals surface area contributed by atoms with Gasteiger partial charge in [0.1, 0.15) is 17.2 Å². The lowest BCUT2D eigenvalue weighted by Gasteiger charge is -2.31. The van der Waals surface area contributed by atoms with E-state index in [-0.39, 0.29) is 11.7 Å². The molecule has 0 aliphatic carbocycles. The number of thioether (sulfide) groups is 1. The Bertz CT molecular complexity index is 855. The van der Waals surface area contributed by atoms with Crippen LogP contribution in [0.4, 0.5) is 11.5 Å². The first kappa shape index (κ1) is 22.0. The molecule has 3 rings (SSSR count). The number of piperidine rings is 1. The van der Waals surface area contributed by atoms with Crippen LogP contribution in [0.2, 0.25) is 0 Å². The number of carbonyl (C=O) groups excluding carboxylic acids is 1. The smallest absolute Gasteiger partial charge is 0.234 e. The molecule has 1 atom stereocenters. The van der Waals surface area contributed by atoms with Crippen LogP contribution >= 0.6 is 11.8 Å². The van der Waals surface area contributed by atoms with Gasteiger partial charge in [-0.05, 0) is 18.8 Å². The number of amides is 1. The molecule has 1 aromatic carbocycles. The van der Waals surface area contributed by atoms with E-state index in [0.29, 0.717) is 28.9 Å². The second kappa shape index (κ2) is 10.4. The van der Waals surface area contributed by atoms with Crippen molar-refractivity contribution in [2.24, 2.45) is 5.92 Å². The molecule has 0 bridgehead atoms. The maximum absolute atomic E-state index is 12.5. The first-order chi connectivity index (χ1) is 14.5. The van der Waals surface area contributed by atoms with E-state index >= 15 is 0 Å². The van der Waals surface area contributed by atoms with Crippen LogP contribution in [0.3, 0.4) is 0 Å². The summed E-state index contributed by atoms with van der Waals surface area (Å²) in [5.74, 6) is 3.10. The molecule has 0 radical (unpaired) electrons. The van der Waals surface area contributed by atoms with Crippen molar-refractivity contribution < 1.29 is 19.0 Å². The van der Waals surface area contributed by atoms with Crippen LogP contribution in [0.1, 0.15) is 19.8 Å². The third kappa shape index (κ3) is 5.47. The zero-order valence-corrected chi connectivity index (χ0v) is 18.6. The lowest BCUT2D eigenvalue weighted by atomic mass is 10.0. The highest BCUT2D eigenvalue weighted by Crippen LogP contribution is 2.40. The SMILES string of the molecule is COc1cc(NC(=O)CSc2cc(N3CCCC(C)C3)ncn2)cc(OC)c1OC. The van der Waals surface area contributed by atoms with Crippen molar-refractivity contribution in [3.63, 3.8) is 0 Å². The molecule has 1 N–H and O–H groups in total. The van der Waals surface area contributed by atoms with Gasteiger partial charge in [-0.15, -0.1) is 0 Å². The molecule has 1 aliphatic rings. The number of hydrogen-bond acceptors (Lipinski definition) is 8. The molecular weight excluding hydrogens is 404 g/mol. The summed E-state index contributed by atoms with van der Waals surface area (Å²) < 4.78 is 16.0. The molecule has 1 amide bonds. The number of aromatic nitrogens is 2. The maximum atomic E-state index is 12.5. The normalized spacial score (nSPS) is 16.1. The van der Waals surface area contributed by atoms with Gasteiger partial charge in [-0.25, -0.2) is 9.97 Å². The van der Waals surface area contributed by atoms with Crippen LogP contribution in [0.25, 0.3) is 0 Å². The number of nitrogens with zero attached hydrogens (tertiary/aromatic N) is 3. The lowest BCUT2D eigenvalue weighted by Crippen LogP contribution is -2.34. The molecule has 2 heterocycles. The van der Waals surface area contributed by atoms with Crippen LogP contribution in [0, 0.1) is 5.92 Å². The van der Waals surface area contributed by atoms with Crippen LogP contribution < -0.4 is 24.4 Å². The van der Waals surface area contributed by atoms with Gasteiger partial charge in [-0.1, -0.05) is 18.7 Å². The molecule has 1 saturated heterocycles. The monoisotopic (exact) mass is 432 g/mol. The number of ether oxygens (including phenoxy) is 3. The Labute approximate surface area is 181 Å². The van der Waals surface area contributed by atoms with E-state index in [2.05, 4.69) is 27.1 Å². The minimum Gasteiger partial charge on any atom is -0.493 e. The predicted molar refractivity (Wildman–Crippen MR) is 118 cm³/mol. The average molecular weight is 433 g/mol. The minimum absolute atomic E-state index is 0.152. The number of carbonyl (C=O) groups is 1. The highest BCUT2D eigenvalue weighted by atomic mass is 32.2. The molecular formula is C21H28N4O4S. The molecule has 2 aromatic rings. The van der Waals surface area contributed by atoms with Crippen molar-refractivity contribution in [1.82, 2.24) is 9.97 Å². The molecule has 0 saturated carbocycles. The molecule has 8 nitrogen and oxygen atoms in total. The predicted octanol–water partition coefficient (Wildman–Crippen LogP) is 3.47. The number of anilines is 2. The third-order valence-corrected chi connectivity index (χ3v) is 5.83. The fraction of sp³-hybridized carbons (Fsp3) is 0.476. The summed E-state index contributed by atoms with van der Waals surface area (Å²) >= 11 is 1.38. The number of nitrogens with one attached hydrogen (secondary N) is 1. The Morgan fingerprint density at radius 2 is 1.90 bits per heavy atom. The van der Waals surface area contributed by atoms with E-state index in [4.69, 9.17) is 14.2 Å². The van der Waals surface area contributed by atoms with Crippen LogP contribution in [-0.2, 0) is 4.79 Å². The topological polar surface area (TPSA) is 85.8 Å². The van der Waals surface area contributed by atoms with E-state index in [0.717, 1.165) is 23.9 Å². The van der Waals surface area contributed by atoms with Crippen molar-refractivity contribution in [1.29, 1.82) is 0 Å². The standard InChI is InChI=1S/C21H28N4O4S/c1-14-6-5-7-25(11-14)18-10-20(23-13-22-18)30-12-19(26)24-15-8-16(27-2)21(29-4)17(9-15)28-3/h8-10,13-14H,5-7,11-12H2,1-4H3,(H,24,26). The first-order valence-corrected chi connectivity index (χ1v) is 10.8. The quantitative estimate of drug-likeness (QED) is 0.501. The Morgan fingerprint density at radius 1 is 1.17 bits per heavy atom. The van der Waals surface area contributed by atoms with Gasteiger partial charge in [0.05, 0.1) is 27.1 Å². The van der Waals surface area contributed by atoms with Gasteiger partial charge >= 0.3 is 0 Å². The van der Waals surface area contributed by atoms with Gasteiger partial charge in [-0.2, -0.15) is 0 Å². The highest BCUT2D eigenvalue weighted by molar-refractivity contribution is 7.99. The Hall–Kier alpha value is -2.68. The van der Waals surface area contributed by atoms with Gasteiger partial charge < -0.3 is 24.4 Å². The summed E-state index contributed by atoms with van der Waals surface area (Å²) in [4.78, 5) is 23.5. The van der Waals surface area contributed by atoms with Gasteiger partial charge in [0, 0.05) is 37.0 Å². The molecule has 1 aromatic heterocycles. The summed E-state index contributed by atoms with van der Waals surface area (Å²) in [7, 11) is 4.61. The van der Waals surface area contributed by atoms with E-state index in [1.165, 1.54) is 45.9 Å². The van der Waals surface area contributed by atoms with Gasteiger partial charge in [-0.3, -0.25) is 4.79 Å². The third-order valence-electron chi connectivity index (χ3n) is 4.91. The maximum Gasteiger partial charge on any atom is 0.234 e. The largest absolute Gasteiger partial charge is 0.493 e. The fourth-order valence-electron chi connectivity index (χ4n) is 3.47.